The number of rotatable bonds is 4. The van der Waals surface area contributed by atoms with E-state index in [1.54, 1.807) is 0 Å². The second-order valence-electron chi connectivity index (χ2n) is 6.35. The average molecular weight is 304 g/mol. The van der Waals surface area contributed by atoms with Crippen LogP contribution in [0.4, 0.5) is 0 Å². The van der Waals surface area contributed by atoms with Crippen LogP contribution in [0.2, 0.25) is 0 Å². The van der Waals surface area contributed by atoms with Crippen molar-refractivity contribution in [2.45, 2.75) is 31.2 Å². The maximum atomic E-state index is 6.31. The van der Waals surface area contributed by atoms with Crippen LogP contribution in [-0.4, -0.2) is 20.5 Å². The summed E-state index contributed by atoms with van der Waals surface area (Å²) in [6.45, 7) is 2.16. The number of aromatic nitrogens is 3. The molecule has 0 amide bonds. The van der Waals surface area contributed by atoms with E-state index in [2.05, 4.69) is 41.5 Å². The number of nitrogens with two attached hydrogens (primary N) is 1. The Morgan fingerprint density at radius 3 is 2.52 bits per heavy atom. The zero-order chi connectivity index (χ0) is 15.9. The Labute approximate surface area is 135 Å². The van der Waals surface area contributed by atoms with E-state index in [0.717, 1.165) is 29.8 Å². The summed E-state index contributed by atoms with van der Waals surface area (Å²) in [7, 11) is 0. The third-order valence-electron chi connectivity index (χ3n) is 4.90. The molecule has 0 aliphatic heterocycles. The van der Waals surface area contributed by atoms with Crippen molar-refractivity contribution in [3.05, 3.63) is 66.4 Å². The molecule has 23 heavy (non-hydrogen) atoms. The number of hydrogen-bond acceptors (Lipinski definition) is 3. The van der Waals surface area contributed by atoms with Crippen LogP contribution in [0, 0.1) is 0 Å². The third kappa shape index (κ3) is 2.55. The van der Waals surface area contributed by atoms with Crippen molar-refractivity contribution in [3.8, 4) is 16.9 Å². The maximum Gasteiger partial charge on any atom is 0.113 e. The van der Waals surface area contributed by atoms with Crippen molar-refractivity contribution in [1.29, 1.82) is 0 Å². The molecule has 0 radical (unpaired) electrons. The van der Waals surface area contributed by atoms with Crippen molar-refractivity contribution in [2.75, 3.05) is 0 Å². The molecular weight excluding hydrogens is 284 g/mol. The zero-order valence-corrected chi connectivity index (χ0v) is 13.2. The van der Waals surface area contributed by atoms with Crippen molar-refractivity contribution in [1.82, 2.24) is 15.0 Å². The first-order valence-electron chi connectivity index (χ1n) is 8.06. The van der Waals surface area contributed by atoms with Crippen LogP contribution < -0.4 is 5.73 Å². The van der Waals surface area contributed by atoms with Gasteiger partial charge >= 0.3 is 0 Å². The molecule has 1 saturated carbocycles. The highest BCUT2D eigenvalue weighted by Gasteiger charge is 2.49. The Morgan fingerprint density at radius 2 is 1.87 bits per heavy atom. The van der Waals surface area contributed by atoms with E-state index in [1.807, 2.05) is 41.2 Å². The largest absolute Gasteiger partial charge is 0.325 e. The molecule has 1 fully saturated rings. The van der Waals surface area contributed by atoms with E-state index in [1.165, 1.54) is 5.56 Å². The lowest BCUT2D eigenvalue weighted by molar-refractivity contribution is 0.626. The molecule has 2 aromatic carbocycles. The Kier molecular flexibility index (Phi) is 3.27. The van der Waals surface area contributed by atoms with Gasteiger partial charge in [-0.05, 0) is 30.5 Å². The van der Waals surface area contributed by atoms with Gasteiger partial charge in [-0.15, -0.1) is 5.10 Å². The second-order valence-corrected chi connectivity index (χ2v) is 6.35. The normalized spacial score (nSPS) is 23.0. The molecule has 0 spiro atoms. The van der Waals surface area contributed by atoms with Crippen LogP contribution in [0.5, 0.6) is 0 Å². The molecule has 1 aromatic heterocycles. The fraction of sp³-hybridized carbons (Fsp3) is 0.263. The molecule has 116 valence electrons. The van der Waals surface area contributed by atoms with E-state index < -0.39 is 0 Å². The minimum atomic E-state index is 0.00918. The fourth-order valence-electron chi connectivity index (χ4n) is 3.15. The fourth-order valence-corrected chi connectivity index (χ4v) is 3.15. The van der Waals surface area contributed by atoms with E-state index in [9.17, 15) is 0 Å². The lowest BCUT2D eigenvalue weighted by Gasteiger charge is -2.08. The van der Waals surface area contributed by atoms with Crippen LogP contribution in [0.3, 0.4) is 0 Å². The van der Waals surface area contributed by atoms with Gasteiger partial charge in [-0.3, -0.25) is 0 Å². The van der Waals surface area contributed by atoms with Gasteiger partial charge in [0.15, 0.2) is 0 Å². The van der Waals surface area contributed by atoms with Gasteiger partial charge in [-0.2, -0.15) is 0 Å². The molecule has 2 N–H and O–H groups in total. The van der Waals surface area contributed by atoms with Crippen molar-refractivity contribution in [2.24, 2.45) is 5.73 Å². The van der Waals surface area contributed by atoms with E-state index in [4.69, 9.17) is 5.73 Å². The summed E-state index contributed by atoms with van der Waals surface area (Å²) in [6.07, 6.45) is 4.08. The average Bonchev–Trinajstić information content (AvgIpc) is 3.07. The molecule has 1 aliphatic rings. The molecule has 4 nitrogen and oxygen atoms in total. The summed E-state index contributed by atoms with van der Waals surface area (Å²) < 4.78 is 1.81. The molecule has 2 atom stereocenters. The number of nitrogens with zero attached hydrogens (tertiary/aromatic N) is 3. The molecular formula is C19H20N4. The Bertz CT molecular complexity index is 807. The summed E-state index contributed by atoms with van der Waals surface area (Å²) in [5.41, 5.74) is 10.6. The van der Waals surface area contributed by atoms with Crippen LogP contribution in [0.25, 0.3) is 16.9 Å². The highest BCUT2D eigenvalue weighted by atomic mass is 15.4. The standard InChI is InChI=1S/C19H20N4/c1-2-19(20)12-17(19)14-8-10-16(11-9-14)23-13-18(21-22-23)15-6-4-3-5-7-15/h3-11,13,17H,2,12,20H2,1H3. The lowest BCUT2D eigenvalue weighted by atomic mass is 10.0. The predicted molar refractivity (Wildman–Crippen MR) is 91.4 cm³/mol. The van der Waals surface area contributed by atoms with Crippen LogP contribution in [-0.2, 0) is 0 Å². The predicted octanol–water partition coefficient (Wildman–Crippen LogP) is 3.53. The van der Waals surface area contributed by atoms with Crippen molar-refractivity contribution >= 4 is 0 Å². The molecule has 0 saturated heterocycles. The molecule has 4 rings (SSSR count). The van der Waals surface area contributed by atoms with E-state index in [0.29, 0.717) is 5.92 Å². The van der Waals surface area contributed by atoms with E-state index >= 15 is 0 Å². The molecule has 2 unspecified atom stereocenters. The topological polar surface area (TPSA) is 56.7 Å². The van der Waals surface area contributed by atoms with E-state index in [-0.39, 0.29) is 5.54 Å². The minimum Gasteiger partial charge on any atom is -0.325 e. The lowest BCUT2D eigenvalue weighted by Crippen LogP contribution is -2.22. The Balaban J connectivity index is 1.56. The third-order valence-corrected chi connectivity index (χ3v) is 4.90. The molecule has 0 bridgehead atoms. The Morgan fingerprint density at radius 1 is 1.13 bits per heavy atom. The number of benzene rings is 2. The first-order valence-corrected chi connectivity index (χ1v) is 8.06. The van der Waals surface area contributed by atoms with Gasteiger partial charge in [-0.1, -0.05) is 54.6 Å². The zero-order valence-electron chi connectivity index (χ0n) is 13.2. The molecule has 1 aliphatic carbocycles. The van der Waals surface area contributed by atoms with Gasteiger partial charge in [0.25, 0.3) is 0 Å². The SMILES string of the molecule is CCC1(N)CC1c1ccc(-n2cc(-c3ccccc3)nn2)cc1. The van der Waals surface area contributed by atoms with Gasteiger partial charge in [0.2, 0.25) is 0 Å². The summed E-state index contributed by atoms with van der Waals surface area (Å²) >= 11 is 0. The smallest absolute Gasteiger partial charge is 0.113 e. The van der Waals surface area contributed by atoms with Gasteiger partial charge < -0.3 is 5.73 Å². The summed E-state index contributed by atoms with van der Waals surface area (Å²) in [5, 5.41) is 8.50. The highest BCUT2D eigenvalue weighted by molar-refractivity contribution is 5.57. The summed E-state index contributed by atoms with van der Waals surface area (Å²) in [5.74, 6) is 0.497. The number of hydrogen-bond donors (Lipinski definition) is 1. The first-order chi connectivity index (χ1) is 11.2. The van der Waals surface area contributed by atoms with Crippen molar-refractivity contribution < 1.29 is 0 Å². The van der Waals surface area contributed by atoms with Gasteiger partial charge in [0.1, 0.15) is 5.69 Å². The minimum absolute atomic E-state index is 0.00918. The van der Waals surface area contributed by atoms with Gasteiger partial charge in [-0.25, -0.2) is 4.68 Å². The monoisotopic (exact) mass is 304 g/mol. The summed E-state index contributed by atoms with van der Waals surface area (Å²) in [6, 6.07) is 18.6. The molecule has 3 aromatic rings. The second kappa shape index (κ2) is 5.32. The summed E-state index contributed by atoms with van der Waals surface area (Å²) in [4.78, 5) is 0. The Hall–Kier alpha value is -2.46. The van der Waals surface area contributed by atoms with Crippen molar-refractivity contribution in [3.63, 3.8) is 0 Å². The van der Waals surface area contributed by atoms with Gasteiger partial charge in [0.05, 0.1) is 11.9 Å². The van der Waals surface area contributed by atoms with Gasteiger partial charge in [0, 0.05) is 17.0 Å². The highest BCUT2D eigenvalue weighted by Crippen LogP contribution is 2.51. The maximum absolute atomic E-state index is 6.31. The quantitative estimate of drug-likeness (QED) is 0.802. The molecule has 4 heteroatoms. The van der Waals surface area contributed by atoms with Crippen LogP contribution in [0.15, 0.2) is 60.8 Å². The van der Waals surface area contributed by atoms with Crippen LogP contribution in [0.1, 0.15) is 31.2 Å². The van der Waals surface area contributed by atoms with Crippen LogP contribution >= 0.6 is 0 Å². The first kappa shape index (κ1) is 14.2. The molecule has 1 heterocycles.